The Hall–Kier alpha value is -0.710. The summed E-state index contributed by atoms with van der Waals surface area (Å²) in [5, 5.41) is 1.70. The largest absolute Gasteiger partial charge is 0.455 e. The van der Waals surface area contributed by atoms with Gasteiger partial charge in [0, 0.05) is 0 Å². The maximum atomic E-state index is 12.0. The third kappa shape index (κ3) is 4.17. The van der Waals surface area contributed by atoms with Gasteiger partial charge >= 0.3 is 5.97 Å². The fraction of sp³-hybridized carbons (Fsp3) is 0.714. The first kappa shape index (κ1) is 12.3. The number of carbonyl (C=O) groups excluding carboxylic acids is 1. The van der Waals surface area contributed by atoms with Gasteiger partial charge in [-0.2, -0.15) is 4.39 Å². The van der Waals surface area contributed by atoms with Gasteiger partial charge in [0.1, 0.15) is 4.87 Å². The first-order chi connectivity index (χ1) is 5.94. The van der Waals surface area contributed by atoms with Crippen LogP contribution >= 0.6 is 11.6 Å². The van der Waals surface area contributed by atoms with Crippen LogP contribution in [0.5, 0.6) is 0 Å². The summed E-state index contributed by atoms with van der Waals surface area (Å²) in [6, 6.07) is 0. The molecule has 76 valence electrons. The lowest BCUT2D eigenvalue weighted by Crippen LogP contribution is -2.31. The Bertz CT molecular complexity index is 219. The lowest BCUT2D eigenvalue weighted by molar-refractivity contribution is -0.145. The molecule has 0 aromatic heterocycles. The molecule has 1 unspecified atom stereocenters. The minimum absolute atomic E-state index is 0.335. The van der Waals surface area contributed by atoms with E-state index in [1.54, 1.807) is 12.1 Å². The van der Waals surface area contributed by atoms with Gasteiger partial charge in [0.25, 0.3) is 5.97 Å². The zero-order valence-electron chi connectivity index (χ0n) is 7.31. The molecule has 0 aliphatic heterocycles. The van der Waals surface area contributed by atoms with Crippen LogP contribution in [-0.2, 0) is 9.53 Å². The number of halogens is 3. The third-order valence-electron chi connectivity index (χ3n) is 1.50. The van der Waals surface area contributed by atoms with Crippen molar-refractivity contribution in [2.75, 3.05) is 6.61 Å². The second kappa shape index (κ2) is 5.11. The first-order valence-corrected chi connectivity index (χ1v) is 4.01. The highest BCUT2D eigenvalue weighted by Gasteiger charge is 2.30. The minimum atomic E-state index is -1.39. The highest BCUT2D eigenvalue weighted by Crippen LogP contribution is 2.20. The Labute approximate surface area is 79.7 Å². The van der Waals surface area contributed by atoms with E-state index in [0.29, 0.717) is 6.42 Å². The fourth-order valence-corrected chi connectivity index (χ4v) is 0.499. The lowest BCUT2D eigenvalue weighted by Gasteiger charge is -2.16. The van der Waals surface area contributed by atoms with Gasteiger partial charge in [-0.15, -0.1) is 11.6 Å². The smallest absolute Gasteiger partial charge is 0.327 e. The molecule has 0 saturated heterocycles. The third-order valence-corrected chi connectivity index (χ3v) is 1.93. The predicted octanol–water partition coefficient (Wildman–Crippen LogP) is 2.19. The SMILES string of the molecule is CCC(C)(Cl)C(=O)OCC(F)=NF. The second-order valence-electron chi connectivity index (χ2n) is 2.59. The first-order valence-electron chi connectivity index (χ1n) is 3.63. The number of hydrogen-bond donors (Lipinski definition) is 0. The topological polar surface area (TPSA) is 38.7 Å². The number of nitrogens with zero attached hydrogens (tertiary/aromatic N) is 1. The van der Waals surface area contributed by atoms with Crippen molar-refractivity contribution in [3.63, 3.8) is 0 Å². The molecule has 0 rings (SSSR count). The van der Waals surface area contributed by atoms with Gasteiger partial charge in [-0.1, -0.05) is 16.6 Å². The molecule has 0 fully saturated rings. The van der Waals surface area contributed by atoms with E-state index < -0.39 is 23.4 Å². The summed E-state index contributed by atoms with van der Waals surface area (Å²) in [6.45, 7) is 2.28. The highest BCUT2D eigenvalue weighted by molar-refractivity contribution is 6.33. The van der Waals surface area contributed by atoms with Crippen molar-refractivity contribution in [2.24, 2.45) is 5.21 Å². The molecule has 0 aliphatic rings. The van der Waals surface area contributed by atoms with E-state index in [1.165, 1.54) is 6.92 Å². The van der Waals surface area contributed by atoms with Gasteiger partial charge in [0.05, 0.1) is 0 Å². The molecule has 0 aromatic rings. The van der Waals surface area contributed by atoms with E-state index in [4.69, 9.17) is 11.6 Å². The summed E-state index contributed by atoms with van der Waals surface area (Å²) >= 11 is 5.67. The molecule has 0 aromatic carbocycles. The van der Waals surface area contributed by atoms with Crippen LogP contribution in [0.2, 0.25) is 0 Å². The molecule has 0 heterocycles. The van der Waals surface area contributed by atoms with Gasteiger partial charge in [0.2, 0.25) is 0 Å². The van der Waals surface area contributed by atoms with E-state index in [0.717, 1.165) is 0 Å². The van der Waals surface area contributed by atoms with E-state index >= 15 is 0 Å². The second-order valence-corrected chi connectivity index (χ2v) is 3.42. The number of carbonyl (C=O) groups is 1. The van der Waals surface area contributed by atoms with Gasteiger partial charge in [-0.25, -0.2) is 0 Å². The molecule has 13 heavy (non-hydrogen) atoms. The summed E-state index contributed by atoms with van der Waals surface area (Å²) in [4.78, 5) is 9.82. The normalized spacial score (nSPS) is 16.5. The standard InChI is InChI=1S/C7H10ClF2NO2/c1-3-7(2,8)6(12)13-4-5(9)11-10/h3-4H2,1-2H3. The summed E-state index contributed by atoms with van der Waals surface area (Å²) < 4.78 is 27.6. The average Bonchev–Trinajstić information content (AvgIpc) is 2.13. The predicted molar refractivity (Wildman–Crippen MR) is 45.2 cm³/mol. The van der Waals surface area contributed by atoms with Crippen LogP contribution in [0.4, 0.5) is 8.87 Å². The number of ether oxygens (including phenoxy) is 1. The van der Waals surface area contributed by atoms with Gasteiger partial charge in [-0.3, -0.25) is 4.79 Å². The van der Waals surface area contributed by atoms with Crippen LogP contribution in [0.1, 0.15) is 20.3 Å². The molecule has 1 atom stereocenters. The number of hydrogen-bond acceptors (Lipinski definition) is 3. The Morgan fingerprint density at radius 1 is 1.69 bits per heavy atom. The zero-order chi connectivity index (χ0) is 10.5. The monoisotopic (exact) mass is 213 g/mol. The van der Waals surface area contributed by atoms with Gasteiger partial charge < -0.3 is 4.74 Å². The summed E-state index contributed by atoms with van der Waals surface area (Å²) in [7, 11) is 0. The molecule has 0 radical (unpaired) electrons. The highest BCUT2D eigenvalue weighted by atomic mass is 35.5. The van der Waals surface area contributed by atoms with Crippen molar-refractivity contribution in [3.05, 3.63) is 0 Å². The lowest BCUT2D eigenvalue weighted by atomic mass is 10.1. The van der Waals surface area contributed by atoms with Crippen LogP contribution in [0.3, 0.4) is 0 Å². The van der Waals surface area contributed by atoms with Crippen LogP contribution in [0, 0.1) is 0 Å². The molecular formula is C7H10ClF2NO2. The van der Waals surface area contributed by atoms with E-state index in [2.05, 4.69) is 4.74 Å². The van der Waals surface area contributed by atoms with E-state index in [9.17, 15) is 13.7 Å². The fourth-order valence-electron chi connectivity index (χ4n) is 0.444. The zero-order valence-corrected chi connectivity index (χ0v) is 8.07. The van der Waals surface area contributed by atoms with Gasteiger partial charge in [0.15, 0.2) is 6.61 Å². The molecule has 0 N–H and O–H groups in total. The van der Waals surface area contributed by atoms with Crippen molar-refractivity contribution in [2.45, 2.75) is 25.1 Å². The van der Waals surface area contributed by atoms with Crippen molar-refractivity contribution in [1.82, 2.24) is 0 Å². The molecule has 0 saturated carbocycles. The Balaban J connectivity index is 4.02. The number of rotatable bonds is 4. The van der Waals surface area contributed by atoms with Crippen LogP contribution in [0.25, 0.3) is 0 Å². The number of esters is 1. The molecule has 0 spiro atoms. The van der Waals surface area contributed by atoms with Crippen molar-refractivity contribution >= 4 is 23.5 Å². The maximum absolute atomic E-state index is 12.0. The van der Waals surface area contributed by atoms with E-state index in [1.807, 2.05) is 0 Å². The number of alkyl halides is 1. The summed E-state index contributed by atoms with van der Waals surface area (Å²) in [5.74, 6) is -2.19. The van der Waals surface area contributed by atoms with Crippen molar-refractivity contribution in [1.29, 1.82) is 0 Å². The van der Waals surface area contributed by atoms with Crippen LogP contribution in [-0.4, -0.2) is 23.4 Å². The van der Waals surface area contributed by atoms with Crippen LogP contribution < -0.4 is 0 Å². The van der Waals surface area contributed by atoms with Crippen molar-refractivity contribution < 1.29 is 18.4 Å². The molecule has 0 aliphatic carbocycles. The quantitative estimate of drug-likeness (QED) is 0.408. The van der Waals surface area contributed by atoms with E-state index in [-0.39, 0.29) is 0 Å². The molecule has 6 heteroatoms. The summed E-state index contributed by atoms with van der Waals surface area (Å²) in [5.41, 5.74) is 0. The van der Waals surface area contributed by atoms with Gasteiger partial charge in [-0.05, 0) is 13.3 Å². The minimum Gasteiger partial charge on any atom is -0.455 e. The average molecular weight is 214 g/mol. The van der Waals surface area contributed by atoms with Crippen LogP contribution in [0.15, 0.2) is 5.21 Å². The molecule has 0 amide bonds. The Morgan fingerprint density at radius 3 is 2.62 bits per heavy atom. The molecule has 0 bridgehead atoms. The Morgan fingerprint density at radius 2 is 2.23 bits per heavy atom. The Kier molecular flexibility index (Phi) is 4.83. The molecular weight excluding hydrogens is 204 g/mol. The summed E-state index contributed by atoms with van der Waals surface area (Å²) in [6.07, 6.45) is 0.335. The van der Waals surface area contributed by atoms with Crippen molar-refractivity contribution in [3.8, 4) is 0 Å². The molecule has 3 nitrogen and oxygen atoms in total. The maximum Gasteiger partial charge on any atom is 0.327 e.